The molecule has 0 saturated carbocycles. The molecule has 0 radical (unpaired) electrons. The van der Waals surface area contributed by atoms with Gasteiger partial charge in [0.1, 0.15) is 5.75 Å². The molecule has 0 heterocycles. The first-order valence-corrected chi connectivity index (χ1v) is 5.10. The van der Waals surface area contributed by atoms with Gasteiger partial charge in [0.15, 0.2) is 0 Å². The average molecular weight is 223 g/mol. The Morgan fingerprint density at radius 3 is 2.81 bits per heavy atom. The van der Waals surface area contributed by atoms with Crippen LogP contribution in [0.15, 0.2) is 18.2 Å². The SMILES string of the molecule is COCCN(C)C(=O)c1cc(C)ccc1O. The topological polar surface area (TPSA) is 49.8 Å². The van der Waals surface area contributed by atoms with E-state index >= 15 is 0 Å². The number of aromatic hydroxyl groups is 1. The highest BCUT2D eigenvalue weighted by molar-refractivity contribution is 5.96. The molecule has 0 fully saturated rings. The van der Waals surface area contributed by atoms with Crippen molar-refractivity contribution in [2.24, 2.45) is 0 Å². The molecule has 4 nitrogen and oxygen atoms in total. The monoisotopic (exact) mass is 223 g/mol. The minimum Gasteiger partial charge on any atom is -0.507 e. The van der Waals surface area contributed by atoms with Gasteiger partial charge in [0.25, 0.3) is 5.91 Å². The molecular weight excluding hydrogens is 206 g/mol. The van der Waals surface area contributed by atoms with E-state index in [2.05, 4.69) is 0 Å². The zero-order valence-corrected chi connectivity index (χ0v) is 9.86. The Kier molecular flexibility index (Phi) is 4.31. The van der Waals surface area contributed by atoms with Crippen LogP contribution in [0.5, 0.6) is 5.75 Å². The first kappa shape index (κ1) is 12.5. The molecule has 0 bridgehead atoms. The number of nitrogens with zero attached hydrogens (tertiary/aromatic N) is 1. The summed E-state index contributed by atoms with van der Waals surface area (Å²) in [5.41, 5.74) is 1.28. The Morgan fingerprint density at radius 2 is 2.19 bits per heavy atom. The van der Waals surface area contributed by atoms with Crippen LogP contribution < -0.4 is 0 Å². The van der Waals surface area contributed by atoms with Gasteiger partial charge in [-0.25, -0.2) is 0 Å². The molecule has 1 aromatic rings. The molecule has 0 aliphatic carbocycles. The number of rotatable bonds is 4. The number of carbonyl (C=O) groups is 1. The summed E-state index contributed by atoms with van der Waals surface area (Å²) in [7, 11) is 3.27. The van der Waals surface area contributed by atoms with Gasteiger partial charge >= 0.3 is 0 Å². The van der Waals surface area contributed by atoms with Crippen molar-refractivity contribution in [1.29, 1.82) is 0 Å². The summed E-state index contributed by atoms with van der Waals surface area (Å²) in [6, 6.07) is 4.98. The number of carbonyl (C=O) groups excluding carboxylic acids is 1. The molecule has 1 aromatic carbocycles. The molecule has 0 saturated heterocycles. The van der Waals surface area contributed by atoms with E-state index in [9.17, 15) is 9.90 Å². The molecule has 1 amide bonds. The van der Waals surface area contributed by atoms with E-state index in [1.807, 2.05) is 6.92 Å². The highest BCUT2D eigenvalue weighted by Crippen LogP contribution is 2.19. The minimum atomic E-state index is -0.196. The van der Waals surface area contributed by atoms with Gasteiger partial charge in [-0.15, -0.1) is 0 Å². The Balaban J connectivity index is 2.83. The Hall–Kier alpha value is -1.55. The first-order valence-electron chi connectivity index (χ1n) is 5.10. The lowest BCUT2D eigenvalue weighted by Gasteiger charge is -2.17. The lowest BCUT2D eigenvalue weighted by atomic mass is 10.1. The number of ether oxygens (including phenoxy) is 1. The van der Waals surface area contributed by atoms with Crippen LogP contribution in [0.3, 0.4) is 0 Å². The van der Waals surface area contributed by atoms with Crippen molar-refractivity contribution in [3.8, 4) is 5.75 Å². The second-order valence-electron chi connectivity index (χ2n) is 3.74. The van der Waals surface area contributed by atoms with Gasteiger partial charge in [-0.05, 0) is 19.1 Å². The van der Waals surface area contributed by atoms with E-state index in [0.29, 0.717) is 18.7 Å². The highest BCUT2D eigenvalue weighted by atomic mass is 16.5. The van der Waals surface area contributed by atoms with Crippen molar-refractivity contribution in [1.82, 2.24) is 4.90 Å². The number of hydrogen-bond donors (Lipinski definition) is 1. The van der Waals surface area contributed by atoms with Gasteiger partial charge in [0.2, 0.25) is 0 Å². The van der Waals surface area contributed by atoms with Gasteiger partial charge in [-0.1, -0.05) is 11.6 Å². The Morgan fingerprint density at radius 1 is 1.50 bits per heavy atom. The number of phenolic OH excluding ortho intramolecular Hbond substituents is 1. The molecule has 0 aliphatic heterocycles. The van der Waals surface area contributed by atoms with Crippen LogP contribution >= 0.6 is 0 Å². The van der Waals surface area contributed by atoms with Crippen molar-refractivity contribution in [3.05, 3.63) is 29.3 Å². The molecule has 88 valence electrons. The summed E-state index contributed by atoms with van der Waals surface area (Å²) >= 11 is 0. The van der Waals surface area contributed by atoms with Crippen LogP contribution in [0.2, 0.25) is 0 Å². The van der Waals surface area contributed by atoms with Crippen molar-refractivity contribution in [2.75, 3.05) is 27.3 Å². The number of amides is 1. The maximum atomic E-state index is 11.9. The first-order chi connectivity index (χ1) is 7.56. The van der Waals surface area contributed by atoms with E-state index in [0.717, 1.165) is 5.56 Å². The normalized spacial score (nSPS) is 10.2. The Bertz CT molecular complexity index is 377. The zero-order valence-electron chi connectivity index (χ0n) is 9.86. The lowest BCUT2D eigenvalue weighted by Crippen LogP contribution is -2.30. The predicted octanol–water partition coefficient (Wildman–Crippen LogP) is 1.42. The van der Waals surface area contributed by atoms with E-state index in [-0.39, 0.29) is 11.7 Å². The smallest absolute Gasteiger partial charge is 0.257 e. The number of hydrogen-bond acceptors (Lipinski definition) is 3. The van der Waals surface area contributed by atoms with E-state index in [4.69, 9.17) is 4.74 Å². The lowest BCUT2D eigenvalue weighted by molar-refractivity contribution is 0.0741. The molecule has 0 unspecified atom stereocenters. The van der Waals surface area contributed by atoms with Gasteiger partial charge in [-0.2, -0.15) is 0 Å². The van der Waals surface area contributed by atoms with Crippen molar-refractivity contribution in [2.45, 2.75) is 6.92 Å². The quantitative estimate of drug-likeness (QED) is 0.839. The van der Waals surface area contributed by atoms with Gasteiger partial charge in [-0.3, -0.25) is 4.79 Å². The average Bonchev–Trinajstić information content (AvgIpc) is 2.28. The fraction of sp³-hybridized carbons (Fsp3) is 0.417. The van der Waals surface area contributed by atoms with Crippen molar-refractivity contribution < 1.29 is 14.6 Å². The Labute approximate surface area is 95.5 Å². The third-order valence-corrected chi connectivity index (χ3v) is 2.36. The molecule has 4 heteroatoms. The summed E-state index contributed by atoms with van der Waals surface area (Å²) in [6.07, 6.45) is 0. The summed E-state index contributed by atoms with van der Waals surface area (Å²) < 4.78 is 4.90. The molecule has 0 aromatic heterocycles. The number of aryl methyl sites for hydroxylation is 1. The van der Waals surface area contributed by atoms with E-state index in [1.54, 1.807) is 26.3 Å². The fourth-order valence-corrected chi connectivity index (χ4v) is 1.36. The second kappa shape index (κ2) is 5.51. The largest absolute Gasteiger partial charge is 0.507 e. The molecular formula is C12H17NO3. The second-order valence-corrected chi connectivity index (χ2v) is 3.74. The minimum absolute atomic E-state index is 0.0138. The van der Waals surface area contributed by atoms with Gasteiger partial charge in [0, 0.05) is 20.7 Å². The van der Waals surface area contributed by atoms with Gasteiger partial charge in [0.05, 0.1) is 12.2 Å². The predicted molar refractivity (Wildman–Crippen MR) is 61.7 cm³/mol. The maximum Gasteiger partial charge on any atom is 0.257 e. The third kappa shape index (κ3) is 2.97. The van der Waals surface area contributed by atoms with E-state index < -0.39 is 0 Å². The standard InChI is InChI=1S/C12H17NO3/c1-9-4-5-11(14)10(8-9)12(15)13(2)6-7-16-3/h4-5,8,14H,6-7H2,1-3H3. The van der Waals surface area contributed by atoms with Crippen LogP contribution in [0, 0.1) is 6.92 Å². The number of methoxy groups -OCH3 is 1. The molecule has 0 spiro atoms. The van der Waals surface area contributed by atoms with E-state index in [1.165, 1.54) is 11.0 Å². The summed E-state index contributed by atoms with van der Waals surface area (Å²) in [5.74, 6) is -0.182. The van der Waals surface area contributed by atoms with Crippen LogP contribution in [-0.4, -0.2) is 43.2 Å². The highest BCUT2D eigenvalue weighted by Gasteiger charge is 2.15. The summed E-state index contributed by atoms with van der Waals surface area (Å²) in [5, 5.41) is 9.60. The van der Waals surface area contributed by atoms with Gasteiger partial charge < -0.3 is 14.7 Å². The number of phenols is 1. The molecule has 16 heavy (non-hydrogen) atoms. The van der Waals surface area contributed by atoms with Crippen LogP contribution in [0.25, 0.3) is 0 Å². The zero-order chi connectivity index (χ0) is 12.1. The number of likely N-dealkylation sites (N-methyl/N-ethyl adjacent to an activating group) is 1. The summed E-state index contributed by atoms with van der Waals surface area (Å²) in [6.45, 7) is 2.86. The van der Waals surface area contributed by atoms with Crippen LogP contribution in [0.4, 0.5) is 0 Å². The van der Waals surface area contributed by atoms with Crippen molar-refractivity contribution >= 4 is 5.91 Å². The molecule has 1 N–H and O–H groups in total. The fourth-order valence-electron chi connectivity index (χ4n) is 1.36. The number of benzene rings is 1. The van der Waals surface area contributed by atoms with Crippen molar-refractivity contribution in [3.63, 3.8) is 0 Å². The molecule has 1 rings (SSSR count). The van der Waals surface area contributed by atoms with Crippen LogP contribution in [0.1, 0.15) is 15.9 Å². The summed E-state index contributed by atoms with van der Waals surface area (Å²) in [4.78, 5) is 13.5. The maximum absolute atomic E-state index is 11.9. The van der Waals surface area contributed by atoms with Crippen LogP contribution in [-0.2, 0) is 4.74 Å². The molecule has 0 aliphatic rings. The third-order valence-electron chi connectivity index (χ3n) is 2.36. The molecule has 0 atom stereocenters.